The molecule has 0 atom stereocenters. The Kier molecular flexibility index (Phi) is 6.24. The van der Waals surface area contributed by atoms with Crippen molar-refractivity contribution in [3.63, 3.8) is 0 Å². The topological polar surface area (TPSA) is 73.3 Å². The minimum absolute atomic E-state index is 0.178. The maximum Gasteiger partial charge on any atom is 0.330 e. The highest BCUT2D eigenvalue weighted by Gasteiger charge is 2.13. The highest BCUT2D eigenvalue weighted by atomic mass is 16.5. The number of rotatable bonds is 7. The van der Waals surface area contributed by atoms with Crippen LogP contribution >= 0.6 is 0 Å². The monoisotopic (exact) mass is 476 g/mol. The van der Waals surface area contributed by atoms with Gasteiger partial charge in [-0.3, -0.25) is 9.36 Å². The van der Waals surface area contributed by atoms with Gasteiger partial charge in [0.2, 0.25) is 0 Å². The Balaban J connectivity index is 1.46. The van der Waals surface area contributed by atoms with Gasteiger partial charge in [-0.05, 0) is 52.7 Å². The molecule has 0 fully saturated rings. The van der Waals surface area contributed by atoms with Crippen LogP contribution in [-0.4, -0.2) is 29.6 Å². The molecule has 6 nitrogen and oxygen atoms in total. The SMILES string of the molecule is COc1ccc(C=CC(=O)c2cccc(-n3c(-c4ccc5ccccc5c4)c[nH]c3=O)c2)cc1OC. The summed E-state index contributed by atoms with van der Waals surface area (Å²) >= 11 is 0. The van der Waals surface area contributed by atoms with E-state index in [1.807, 2.05) is 48.5 Å². The Morgan fingerprint density at radius 1 is 0.833 bits per heavy atom. The first-order chi connectivity index (χ1) is 17.6. The lowest BCUT2D eigenvalue weighted by Gasteiger charge is -2.10. The van der Waals surface area contributed by atoms with Crippen LogP contribution in [0.4, 0.5) is 0 Å². The predicted octanol–water partition coefficient (Wildman–Crippen LogP) is 5.90. The van der Waals surface area contributed by atoms with E-state index in [0.29, 0.717) is 22.7 Å². The van der Waals surface area contributed by atoms with E-state index in [0.717, 1.165) is 27.6 Å². The third-order valence-electron chi connectivity index (χ3n) is 6.05. The summed E-state index contributed by atoms with van der Waals surface area (Å²) in [6, 6.07) is 26.6. The first-order valence-corrected chi connectivity index (χ1v) is 11.4. The number of fused-ring (bicyclic) bond motifs is 1. The van der Waals surface area contributed by atoms with Gasteiger partial charge in [0, 0.05) is 17.3 Å². The number of hydrogen-bond acceptors (Lipinski definition) is 4. The number of benzene rings is 4. The number of carbonyl (C=O) groups is 1. The molecule has 0 amide bonds. The number of carbonyl (C=O) groups excluding carboxylic acids is 1. The van der Waals surface area contributed by atoms with Gasteiger partial charge in [0.25, 0.3) is 0 Å². The lowest BCUT2D eigenvalue weighted by atomic mass is 10.0. The predicted molar refractivity (Wildman–Crippen MR) is 142 cm³/mol. The second kappa shape index (κ2) is 9.80. The van der Waals surface area contributed by atoms with Crippen molar-refractivity contribution in [3.8, 4) is 28.4 Å². The van der Waals surface area contributed by atoms with E-state index in [4.69, 9.17) is 9.47 Å². The van der Waals surface area contributed by atoms with Gasteiger partial charge in [0.15, 0.2) is 17.3 Å². The minimum Gasteiger partial charge on any atom is -0.493 e. The van der Waals surface area contributed by atoms with Crippen LogP contribution in [0.3, 0.4) is 0 Å². The minimum atomic E-state index is -0.274. The van der Waals surface area contributed by atoms with E-state index in [-0.39, 0.29) is 11.5 Å². The molecule has 178 valence electrons. The number of ketones is 1. The van der Waals surface area contributed by atoms with Crippen LogP contribution in [-0.2, 0) is 0 Å². The molecule has 0 radical (unpaired) electrons. The lowest BCUT2D eigenvalue weighted by Crippen LogP contribution is -2.16. The number of allylic oxidation sites excluding steroid dienone is 1. The first-order valence-electron chi connectivity index (χ1n) is 11.4. The zero-order chi connectivity index (χ0) is 25.1. The number of ether oxygens (including phenoxy) is 2. The van der Waals surface area contributed by atoms with Crippen molar-refractivity contribution < 1.29 is 14.3 Å². The fraction of sp³-hybridized carbons (Fsp3) is 0.0667. The third kappa shape index (κ3) is 4.44. The van der Waals surface area contributed by atoms with E-state index in [1.54, 1.807) is 61.4 Å². The van der Waals surface area contributed by atoms with Gasteiger partial charge in [0.1, 0.15) is 0 Å². The molecule has 0 aliphatic carbocycles. The third-order valence-corrected chi connectivity index (χ3v) is 6.05. The molecular weight excluding hydrogens is 452 g/mol. The van der Waals surface area contributed by atoms with Crippen molar-refractivity contribution in [2.45, 2.75) is 0 Å². The van der Waals surface area contributed by atoms with E-state index in [1.165, 1.54) is 6.08 Å². The Labute approximate surface area is 208 Å². The molecule has 0 spiro atoms. The van der Waals surface area contributed by atoms with Gasteiger partial charge in [-0.2, -0.15) is 0 Å². The summed E-state index contributed by atoms with van der Waals surface area (Å²) in [5, 5.41) is 2.21. The standard InChI is InChI=1S/C30H24N2O4/c1-35-28-15-11-20(16-29(28)36-2)10-14-27(33)24-8-5-9-25(18-24)32-26(19-31-30(32)34)23-13-12-21-6-3-4-7-22(21)17-23/h3-19H,1-2H3,(H,31,34). The second-order valence-corrected chi connectivity index (χ2v) is 8.24. The van der Waals surface area contributed by atoms with E-state index in [9.17, 15) is 9.59 Å². The van der Waals surface area contributed by atoms with Crippen LogP contribution in [0.5, 0.6) is 11.5 Å². The molecule has 0 saturated heterocycles. The number of nitrogens with zero attached hydrogens (tertiary/aromatic N) is 1. The molecule has 5 aromatic rings. The zero-order valence-corrected chi connectivity index (χ0v) is 19.9. The second-order valence-electron chi connectivity index (χ2n) is 8.24. The van der Waals surface area contributed by atoms with Crippen LogP contribution in [0.15, 0.2) is 102 Å². The van der Waals surface area contributed by atoms with E-state index in [2.05, 4.69) is 11.1 Å². The number of aromatic nitrogens is 2. The molecule has 0 aliphatic rings. The maximum atomic E-state index is 13.0. The smallest absolute Gasteiger partial charge is 0.330 e. The number of aromatic amines is 1. The van der Waals surface area contributed by atoms with Gasteiger partial charge < -0.3 is 14.5 Å². The van der Waals surface area contributed by atoms with Crippen LogP contribution in [0.25, 0.3) is 33.8 Å². The Morgan fingerprint density at radius 3 is 2.44 bits per heavy atom. The van der Waals surface area contributed by atoms with Gasteiger partial charge in [-0.1, -0.05) is 60.7 Å². The van der Waals surface area contributed by atoms with Crippen LogP contribution in [0.1, 0.15) is 15.9 Å². The van der Waals surface area contributed by atoms with Crippen LogP contribution < -0.4 is 15.2 Å². The Hall–Kier alpha value is -4.84. The first kappa shape index (κ1) is 22.9. The van der Waals surface area contributed by atoms with Crippen LogP contribution in [0, 0.1) is 0 Å². The number of nitrogens with one attached hydrogen (secondary N) is 1. The number of imidazole rings is 1. The summed E-state index contributed by atoms with van der Waals surface area (Å²) < 4.78 is 12.2. The fourth-order valence-electron chi connectivity index (χ4n) is 4.21. The van der Waals surface area contributed by atoms with Gasteiger partial charge in [-0.15, -0.1) is 0 Å². The maximum absolute atomic E-state index is 13.0. The molecule has 1 aromatic heterocycles. The lowest BCUT2D eigenvalue weighted by molar-refractivity contribution is 0.104. The average molecular weight is 477 g/mol. The summed E-state index contributed by atoms with van der Waals surface area (Å²) in [4.78, 5) is 28.5. The molecule has 4 aromatic carbocycles. The largest absolute Gasteiger partial charge is 0.493 e. The van der Waals surface area contributed by atoms with Crippen molar-refractivity contribution in [2.75, 3.05) is 14.2 Å². The van der Waals surface area contributed by atoms with Gasteiger partial charge in [-0.25, -0.2) is 4.79 Å². The molecule has 1 N–H and O–H groups in total. The number of methoxy groups -OCH3 is 2. The van der Waals surface area contributed by atoms with Crippen molar-refractivity contribution in [2.24, 2.45) is 0 Å². The molecule has 0 saturated carbocycles. The van der Waals surface area contributed by atoms with Crippen molar-refractivity contribution >= 4 is 22.6 Å². The molecular formula is C30H24N2O4. The Bertz CT molecular complexity index is 1660. The van der Waals surface area contributed by atoms with Crippen molar-refractivity contribution in [3.05, 3.63) is 119 Å². The van der Waals surface area contributed by atoms with E-state index < -0.39 is 0 Å². The molecule has 0 bridgehead atoms. The summed E-state index contributed by atoms with van der Waals surface area (Å²) in [6.45, 7) is 0. The average Bonchev–Trinajstić information content (AvgIpc) is 3.32. The summed E-state index contributed by atoms with van der Waals surface area (Å²) in [5.74, 6) is 1.03. The highest BCUT2D eigenvalue weighted by molar-refractivity contribution is 6.07. The van der Waals surface area contributed by atoms with Gasteiger partial charge >= 0.3 is 5.69 Å². The fourth-order valence-corrected chi connectivity index (χ4v) is 4.21. The van der Waals surface area contributed by atoms with Crippen molar-refractivity contribution in [1.82, 2.24) is 9.55 Å². The molecule has 0 aliphatic heterocycles. The normalized spacial score (nSPS) is 11.2. The van der Waals surface area contributed by atoms with Gasteiger partial charge in [0.05, 0.1) is 25.6 Å². The summed E-state index contributed by atoms with van der Waals surface area (Å²) in [7, 11) is 3.14. The van der Waals surface area contributed by atoms with Crippen LogP contribution in [0.2, 0.25) is 0 Å². The molecule has 5 rings (SSSR count). The van der Waals surface area contributed by atoms with Crippen molar-refractivity contribution in [1.29, 1.82) is 0 Å². The highest BCUT2D eigenvalue weighted by Crippen LogP contribution is 2.28. The quantitative estimate of drug-likeness (QED) is 0.235. The molecule has 6 heteroatoms. The zero-order valence-electron chi connectivity index (χ0n) is 19.9. The molecule has 0 unspecified atom stereocenters. The number of H-pyrrole nitrogens is 1. The summed E-state index contributed by atoms with van der Waals surface area (Å²) in [5.41, 5.74) is 3.23. The summed E-state index contributed by atoms with van der Waals surface area (Å²) in [6.07, 6.45) is 4.92. The number of hydrogen-bond donors (Lipinski definition) is 1. The molecule has 36 heavy (non-hydrogen) atoms. The molecule has 1 heterocycles. The van der Waals surface area contributed by atoms with E-state index >= 15 is 0 Å². The Morgan fingerprint density at radius 2 is 1.64 bits per heavy atom.